The lowest BCUT2D eigenvalue weighted by atomic mass is 9.97. The van der Waals surface area contributed by atoms with Crippen LogP contribution in [-0.2, 0) is 10.1 Å². The molecule has 0 saturated carbocycles. The van der Waals surface area contributed by atoms with Gasteiger partial charge in [-0.25, -0.2) is 0 Å². The van der Waals surface area contributed by atoms with E-state index in [0.29, 0.717) is 11.1 Å². The van der Waals surface area contributed by atoms with E-state index in [1.807, 2.05) is 30.3 Å². The van der Waals surface area contributed by atoms with E-state index >= 15 is 0 Å². The van der Waals surface area contributed by atoms with Crippen molar-refractivity contribution in [3.8, 4) is 16.9 Å². The van der Waals surface area contributed by atoms with Crippen LogP contribution in [0.3, 0.4) is 0 Å². The summed E-state index contributed by atoms with van der Waals surface area (Å²) >= 11 is 0. The lowest BCUT2D eigenvalue weighted by molar-refractivity contribution is 0.478. The fourth-order valence-corrected chi connectivity index (χ4v) is 2.84. The van der Waals surface area contributed by atoms with Crippen LogP contribution in [0.2, 0.25) is 0 Å². The van der Waals surface area contributed by atoms with Gasteiger partial charge in [0.25, 0.3) is 10.1 Å². The first kappa shape index (κ1) is 13.6. The van der Waals surface area contributed by atoms with E-state index in [9.17, 15) is 13.5 Å². The molecule has 0 amide bonds. The van der Waals surface area contributed by atoms with Gasteiger partial charge in [0.1, 0.15) is 5.75 Å². The zero-order valence-corrected chi connectivity index (χ0v) is 11.7. The molecule has 21 heavy (non-hydrogen) atoms. The Kier molecular flexibility index (Phi) is 3.16. The van der Waals surface area contributed by atoms with Crippen molar-refractivity contribution >= 4 is 20.9 Å². The van der Waals surface area contributed by atoms with E-state index in [-0.39, 0.29) is 10.6 Å². The molecule has 0 unspecified atom stereocenters. The van der Waals surface area contributed by atoms with Crippen molar-refractivity contribution < 1.29 is 18.1 Å². The van der Waals surface area contributed by atoms with Crippen LogP contribution in [0.5, 0.6) is 5.75 Å². The van der Waals surface area contributed by atoms with Crippen molar-refractivity contribution in [2.75, 3.05) is 0 Å². The summed E-state index contributed by atoms with van der Waals surface area (Å²) in [6, 6.07) is 16.8. The number of fused-ring (bicyclic) bond motifs is 1. The third-order valence-electron chi connectivity index (χ3n) is 3.35. The highest BCUT2D eigenvalue weighted by Gasteiger charge is 2.12. The first-order chi connectivity index (χ1) is 9.97. The van der Waals surface area contributed by atoms with E-state index in [1.54, 1.807) is 18.2 Å². The molecule has 5 heteroatoms. The van der Waals surface area contributed by atoms with Gasteiger partial charge in [0.2, 0.25) is 0 Å². The zero-order valence-electron chi connectivity index (χ0n) is 10.9. The van der Waals surface area contributed by atoms with Crippen molar-refractivity contribution in [1.29, 1.82) is 0 Å². The first-order valence-corrected chi connectivity index (χ1v) is 7.69. The molecular formula is C16H12O4S. The van der Waals surface area contributed by atoms with Crippen LogP contribution in [0.1, 0.15) is 0 Å². The van der Waals surface area contributed by atoms with Gasteiger partial charge in [-0.2, -0.15) is 8.42 Å². The number of hydrogen-bond acceptors (Lipinski definition) is 3. The molecule has 0 fully saturated rings. The average Bonchev–Trinajstić information content (AvgIpc) is 2.46. The number of phenols is 1. The van der Waals surface area contributed by atoms with E-state index < -0.39 is 10.1 Å². The average molecular weight is 300 g/mol. The maximum Gasteiger partial charge on any atom is 0.294 e. The summed E-state index contributed by atoms with van der Waals surface area (Å²) in [5, 5.41) is 12.0. The molecule has 0 saturated heterocycles. The third kappa shape index (κ3) is 2.49. The van der Waals surface area contributed by atoms with Crippen LogP contribution in [0, 0.1) is 0 Å². The maximum absolute atomic E-state index is 11.1. The van der Waals surface area contributed by atoms with Crippen LogP contribution in [-0.4, -0.2) is 18.1 Å². The molecule has 0 atom stereocenters. The van der Waals surface area contributed by atoms with Gasteiger partial charge in [-0.15, -0.1) is 0 Å². The minimum absolute atomic E-state index is 0.119. The van der Waals surface area contributed by atoms with Crippen LogP contribution in [0.15, 0.2) is 65.6 Å². The van der Waals surface area contributed by atoms with Crippen LogP contribution in [0.25, 0.3) is 21.9 Å². The molecular weight excluding hydrogens is 288 g/mol. The summed E-state index contributed by atoms with van der Waals surface area (Å²) in [5.74, 6) is 0.119. The summed E-state index contributed by atoms with van der Waals surface area (Å²) < 4.78 is 31.1. The highest BCUT2D eigenvalue weighted by Crippen LogP contribution is 2.36. The van der Waals surface area contributed by atoms with Crippen molar-refractivity contribution in [3.05, 3.63) is 60.7 Å². The molecule has 0 aromatic heterocycles. The van der Waals surface area contributed by atoms with Gasteiger partial charge in [-0.3, -0.25) is 4.55 Å². The Morgan fingerprint density at radius 3 is 2.14 bits per heavy atom. The molecule has 4 nitrogen and oxygen atoms in total. The Labute approximate surface area is 122 Å². The Hall–Kier alpha value is -2.37. The molecule has 0 aliphatic rings. The van der Waals surface area contributed by atoms with Gasteiger partial charge in [-0.05, 0) is 34.5 Å². The van der Waals surface area contributed by atoms with Gasteiger partial charge in [0, 0.05) is 5.56 Å². The fourth-order valence-electron chi connectivity index (χ4n) is 2.36. The third-order valence-corrected chi connectivity index (χ3v) is 4.22. The van der Waals surface area contributed by atoms with Crippen LogP contribution >= 0.6 is 0 Å². The quantitative estimate of drug-likeness (QED) is 0.711. The molecule has 0 bridgehead atoms. The predicted molar refractivity (Wildman–Crippen MR) is 80.9 cm³/mol. The number of benzene rings is 3. The van der Waals surface area contributed by atoms with Crippen LogP contribution < -0.4 is 0 Å². The molecule has 0 aliphatic carbocycles. The van der Waals surface area contributed by atoms with Gasteiger partial charge in [0.05, 0.1) is 4.90 Å². The lowest BCUT2D eigenvalue weighted by Gasteiger charge is -2.10. The minimum atomic E-state index is -4.22. The summed E-state index contributed by atoms with van der Waals surface area (Å²) in [6.45, 7) is 0. The van der Waals surface area contributed by atoms with E-state index in [4.69, 9.17) is 4.55 Å². The van der Waals surface area contributed by atoms with Crippen molar-refractivity contribution in [2.24, 2.45) is 0 Å². The molecule has 106 valence electrons. The zero-order chi connectivity index (χ0) is 15.0. The maximum atomic E-state index is 11.1. The topological polar surface area (TPSA) is 74.6 Å². The van der Waals surface area contributed by atoms with Gasteiger partial charge < -0.3 is 5.11 Å². The van der Waals surface area contributed by atoms with E-state index in [1.165, 1.54) is 12.1 Å². The summed E-state index contributed by atoms with van der Waals surface area (Å²) in [4.78, 5) is -0.175. The normalized spacial score (nSPS) is 11.7. The highest BCUT2D eigenvalue weighted by atomic mass is 32.2. The lowest BCUT2D eigenvalue weighted by Crippen LogP contribution is -1.97. The largest absolute Gasteiger partial charge is 0.507 e. The second kappa shape index (κ2) is 4.87. The van der Waals surface area contributed by atoms with E-state index in [2.05, 4.69) is 0 Å². The van der Waals surface area contributed by atoms with E-state index in [0.717, 1.165) is 10.8 Å². The minimum Gasteiger partial charge on any atom is -0.507 e. The Morgan fingerprint density at radius 2 is 1.48 bits per heavy atom. The Bertz CT molecular complexity index is 913. The van der Waals surface area contributed by atoms with Crippen molar-refractivity contribution in [2.45, 2.75) is 4.90 Å². The molecule has 3 aromatic rings. The van der Waals surface area contributed by atoms with Crippen LogP contribution in [0.4, 0.5) is 0 Å². The number of aromatic hydroxyl groups is 1. The molecule has 0 aliphatic heterocycles. The molecule has 0 spiro atoms. The van der Waals surface area contributed by atoms with Gasteiger partial charge in [0.15, 0.2) is 0 Å². The van der Waals surface area contributed by atoms with Crippen molar-refractivity contribution in [3.63, 3.8) is 0 Å². The summed E-state index contributed by atoms with van der Waals surface area (Å²) in [6.07, 6.45) is 0. The first-order valence-electron chi connectivity index (χ1n) is 6.25. The molecule has 3 aromatic carbocycles. The van der Waals surface area contributed by atoms with Crippen molar-refractivity contribution in [1.82, 2.24) is 0 Å². The fraction of sp³-hybridized carbons (Fsp3) is 0. The molecule has 0 heterocycles. The number of rotatable bonds is 2. The summed E-state index contributed by atoms with van der Waals surface area (Å²) in [7, 11) is -4.22. The SMILES string of the molecule is O=S(=O)(O)c1ccc(-c2c(O)ccc3ccccc23)cc1. The number of phenolic OH excluding ortho intramolecular Hbond substituents is 1. The smallest absolute Gasteiger partial charge is 0.294 e. The predicted octanol–water partition coefficient (Wildman–Crippen LogP) is 3.46. The second-order valence-corrected chi connectivity index (χ2v) is 6.10. The number of hydrogen-bond donors (Lipinski definition) is 2. The standard InChI is InChI=1S/C16H12O4S/c17-15-10-7-11-3-1-2-4-14(11)16(15)12-5-8-13(9-6-12)21(18,19)20/h1-10,17H,(H,18,19,20). The Balaban J connectivity index is 2.23. The Morgan fingerprint density at radius 1 is 0.810 bits per heavy atom. The van der Waals surface area contributed by atoms with Gasteiger partial charge in [-0.1, -0.05) is 42.5 Å². The molecule has 3 rings (SSSR count). The highest BCUT2D eigenvalue weighted by molar-refractivity contribution is 7.85. The van der Waals surface area contributed by atoms with Gasteiger partial charge >= 0.3 is 0 Å². The molecule has 0 radical (unpaired) electrons. The second-order valence-electron chi connectivity index (χ2n) is 4.68. The monoisotopic (exact) mass is 300 g/mol. The molecule has 2 N–H and O–H groups in total. The summed E-state index contributed by atoms with van der Waals surface area (Å²) in [5.41, 5.74) is 1.31.